The number of benzene rings is 1. The van der Waals surface area contributed by atoms with Gasteiger partial charge >= 0.3 is 0 Å². The molecule has 0 aromatic heterocycles. The Morgan fingerprint density at radius 1 is 1.30 bits per heavy atom. The van der Waals surface area contributed by atoms with Crippen LogP contribution in [-0.4, -0.2) is 23.7 Å². The Hall–Kier alpha value is -2.56. The standard InChI is InChI=1S/C25H31N3O2/c1-25-13-12-19-18-6-3-2-5-16(18)8-10-20(19)24(25)17(15-21(25)29)9-11-23(30)28-22(27)7-4-14-26/h2-7,14,17,19-20,24,26H,8-13,15H2,1H3,(H2,27,28,30)/b7-4-,26-14?/t17-,19?,20?,24?,25-/m1/s1. The number of fused-ring (bicyclic) bond motifs is 5. The average molecular weight is 406 g/mol. The maximum Gasteiger partial charge on any atom is 0.225 e. The van der Waals surface area contributed by atoms with E-state index >= 15 is 0 Å². The van der Waals surface area contributed by atoms with Crippen LogP contribution in [0.15, 0.2) is 36.4 Å². The van der Waals surface area contributed by atoms with E-state index in [4.69, 9.17) is 10.8 Å². The minimum Gasteiger partial charge on any atom is -0.311 e. The summed E-state index contributed by atoms with van der Waals surface area (Å²) in [5, 5.41) is 17.3. The van der Waals surface area contributed by atoms with Gasteiger partial charge in [0.05, 0.1) is 0 Å². The van der Waals surface area contributed by atoms with Gasteiger partial charge in [0.1, 0.15) is 11.6 Å². The molecule has 3 aliphatic carbocycles. The molecule has 5 nitrogen and oxygen atoms in total. The van der Waals surface area contributed by atoms with Crippen LogP contribution in [0.25, 0.3) is 0 Å². The molecule has 0 aliphatic heterocycles. The number of nitrogens with one attached hydrogen (secondary N) is 3. The van der Waals surface area contributed by atoms with Crippen LogP contribution in [0, 0.1) is 34.0 Å². The lowest BCUT2D eigenvalue weighted by Gasteiger charge is -2.50. The Balaban J connectivity index is 1.48. The highest BCUT2D eigenvalue weighted by atomic mass is 16.1. The second-order valence-corrected chi connectivity index (χ2v) is 9.40. The van der Waals surface area contributed by atoms with Crippen LogP contribution >= 0.6 is 0 Å². The van der Waals surface area contributed by atoms with Crippen molar-refractivity contribution in [2.24, 2.45) is 23.2 Å². The minimum absolute atomic E-state index is 0.00236. The molecule has 5 atom stereocenters. The number of aryl methyl sites for hydroxylation is 1. The highest BCUT2D eigenvalue weighted by Crippen LogP contribution is 2.62. The molecule has 2 fully saturated rings. The lowest BCUT2D eigenvalue weighted by molar-refractivity contribution is -0.129. The lowest BCUT2D eigenvalue weighted by atomic mass is 9.54. The number of ketones is 1. The van der Waals surface area contributed by atoms with E-state index in [1.54, 1.807) is 0 Å². The second-order valence-electron chi connectivity index (χ2n) is 9.40. The maximum atomic E-state index is 13.0. The molecule has 158 valence electrons. The Morgan fingerprint density at radius 2 is 2.10 bits per heavy atom. The zero-order chi connectivity index (χ0) is 21.3. The molecule has 3 unspecified atom stereocenters. The fraction of sp³-hybridized carbons (Fsp3) is 0.520. The van der Waals surface area contributed by atoms with Crippen molar-refractivity contribution in [2.45, 2.75) is 57.8 Å². The Labute approximate surface area is 178 Å². The third-order valence-electron chi connectivity index (χ3n) is 7.86. The van der Waals surface area contributed by atoms with Crippen molar-refractivity contribution < 1.29 is 9.59 Å². The van der Waals surface area contributed by atoms with Gasteiger partial charge in [-0.3, -0.25) is 15.0 Å². The third kappa shape index (κ3) is 3.66. The molecule has 1 aromatic rings. The van der Waals surface area contributed by atoms with Crippen LogP contribution in [0.1, 0.15) is 62.5 Å². The number of allylic oxidation sites excluding steroid dienone is 1. The predicted molar refractivity (Wildman–Crippen MR) is 118 cm³/mol. The van der Waals surface area contributed by atoms with E-state index in [0.29, 0.717) is 42.8 Å². The maximum absolute atomic E-state index is 13.0. The van der Waals surface area contributed by atoms with Gasteiger partial charge in [-0.15, -0.1) is 0 Å². The highest BCUT2D eigenvalue weighted by molar-refractivity contribution is 6.03. The summed E-state index contributed by atoms with van der Waals surface area (Å²) in [6.45, 7) is 2.18. The topological polar surface area (TPSA) is 93.9 Å². The first kappa shape index (κ1) is 20.7. The first-order valence-electron chi connectivity index (χ1n) is 11.1. The number of amidine groups is 1. The van der Waals surface area contributed by atoms with Gasteiger partial charge in [0.2, 0.25) is 5.91 Å². The normalized spacial score (nSPS) is 32.2. The van der Waals surface area contributed by atoms with Crippen molar-refractivity contribution in [1.29, 1.82) is 10.8 Å². The number of rotatable bonds is 5. The van der Waals surface area contributed by atoms with Crippen LogP contribution in [0.3, 0.4) is 0 Å². The van der Waals surface area contributed by atoms with Gasteiger partial charge in [0.25, 0.3) is 0 Å². The number of carbonyl (C=O) groups is 2. The van der Waals surface area contributed by atoms with Crippen molar-refractivity contribution in [3.8, 4) is 0 Å². The zero-order valence-electron chi connectivity index (χ0n) is 17.6. The number of carbonyl (C=O) groups excluding carboxylic acids is 2. The van der Waals surface area contributed by atoms with Gasteiger partial charge in [-0.05, 0) is 79.1 Å². The summed E-state index contributed by atoms with van der Waals surface area (Å²) >= 11 is 0. The van der Waals surface area contributed by atoms with E-state index in [-0.39, 0.29) is 23.1 Å². The summed E-state index contributed by atoms with van der Waals surface area (Å²) < 4.78 is 0. The fourth-order valence-corrected chi connectivity index (χ4v) is 6.56. The molecule has 1 aromatic carbocycles. The van der Waals surface area contributed by atoms with E-state index in [0.717, 1.165) is 31.9 Å². The van der Waals surface area contributed by atoms with E-state index in [1.165, 1.54) is 23.3 Å². The number of hydrogen-bond acceptors (Lipinski definition) is 4. The van der Waals surface area contributed by atoms with Crippen LogP contribution in [0.5, 0.6) is 0 Å². The molecule has 1 amide bonds. The second kappa shape index (κ2) is 8.29. The van der Waals surface area contributed by atoms with Crippen molar-refractivity contribution in [2.75, 3.05) is 0 Å². The molecule has 5 heteroatoms. The average Bonchev–Trinajstić information content (AvgIpc) is 3.00. The van der Waals surface area contributed by atoms with E-state index < -0.39 is 0 Å². The van der Waals surface area contributed by atoms with Crippen LogP contribution < -0.4 is 5.32 Å². The molecular weight excluding hydrogens is 374 g/mol. The molecule has 3 N–H and O–H groups in total. The summed E-state index contributed by atoms with van der Waals surface area (Å²) in [5.41, 5.74) is 2.71. The van der Waals surface area contributed by atoms with Crippen molar-refractivity contribution in [3.63, 3.8) is 0 Å². The van der Waals surface area contributed by atoms with E-state index in [1.807, 2.05) is 0 Å². The summed E-state index contributed by atoms with van der Waals surface area (Å²) in [6, 6.07) is 8.80. The van der Waals surface area contributed by atoms with Gasteiger partial charge in [-0.25, -0.2) is 0 Å². The van der Waals surface area contributed by atoms with Crippen molar-refractivity contribution >= 4 is 23.7 Å². The molecule has 3 aliphatic rings. The van der Waals surface area contributed by atoms with Crippen LogP contribution in [-0.2, 0) is 16.0 Å². The Kier molecular flexibility index (Phi) is 5.72. The fourth-order valence-electron chi connectivity index (χ4n) is 6.56. The van der Waals surface area contributed by atoms with Crippen molar-refractivity contribution in [1.82, 2.24) is 5.32 Å². The summed E-state index contributed by atoms with van der Waals surface area (Å²) in [7, 11) is 0. The molecule has 30 heavy (non-hydrogen) atoms. The molecule has 0 heterocycles. The summed E-state index contributed by atoms with van der Waals surface area (Å²) in [4.78, 5) is 25.3. The number of Topliss-reactive ketones (excluding diaryl/α,β-unsaturated/α-hetero) is 1. The van der Waals surface area contributed by atoms with Crippen LogP contribution in [0.4, 0.5) is 0 Å². The monoisotopic (exact) mass is 405 g/mol. The third-order valence-corrected chi connectivity index (χ3v) is 7.86. The molecule has 4 rings (SSSR count). The van der Waals surface area contributed by atoms with Gasteiger partial charge in [-0.1, -0.05) is 31.2 Å². The smallest absolute Gasteiger partial charge is 0.225 e. The molecule has 0 spiro atoms. The highest BCUT2D eigenvalue weighted by Gasteiger charge is 2.58. The minimum atomic E-state index is -0.242. The molecule has 0 radical (unpaired) electrons. The predicted octanol–water partition coefficient (Wildman–Crippen LogP) is 4.42. The Morgan fingerprint density at radius 3 is 2.90 bits per heavy atom. The molecule has 2 saturated carbocycles. The van der Waals surface area contributed by atoms with Gasteiger partial charge in [-0.2, -0.15) is 0 Å². The molecule has 0 saturated heterocycles. The van der Waals surface area contributed by atoms with Gasteiger partial charge < -0.3 is 10.7 Å². The first-order chi connectivity index (χ1) is 14.4. The van der Waals surface area contributed by atoms with Gasteiger partial charge in [0, 0.05) is 24.5 Å². The summed E-state index contributed by atoms with van der Waals surface area (Å²) in [5.74, 6) is 1.85. The SMILES string of the molecule is C[C@]12CCC3c4ccccc4CCC3C1[C@H](CCC(=O)NC(=N)/C=C\C=N)CC2=O. The number of hydrogen-bond donors (Lipinski definition) is 3. The van der Waals surface area contributed by atoms with E-state index in [9.17, 15) is 9.59 Å². The van der Waals surface area contributed by atoms with Crippen LogP contribution in [0.2, 0.25) is 0 Å². The molecule has 0 bridgehead atoms. The molecular formula is C25H31N3O2. The number of amides is 1. The lowest BCUT2D eigenvalue weighted by Crippen LogP contribution is -2.44. The largest absolute Gasteiger partial charge is 0.311 e. The Bertz CT molecular complexity index is 905. The quantitative estimate of drug-likeness (QED) is 0.500. The van der Waals surface area contributed by atoms with E-state index in [2.05, 4.69) is 36.5 Å². The van der Waals surface area contributed by atoms with Gasteiger partial charge in [0.15, 0.2) is 0 Å². The zero-order valence-corrected chi connectivity index (χ0v) is 17.6. The summed E-state index contributed by atoms with van der Waals surface area (Å²) in [6.07, 6.45) is 9.76. The first-order valence-corrected chi connectivity index (χ1v) is 11.1. The van der Waals surface area contributed by atoms with Crippen molar-refractivity contribution in [3.05, 3.63) is 47.5 Å².